The highest BCUT2D eigenvalue weighted by Crippen LogP contribution is 2.11. The maximum atomic E-state index is 13.0. The van der Waals surface area contributed by atoms with Crippen LogP contribution >= 0.6 is 0 Å². The van der Waals surface area contributed by atoms with Crippen molar-refractivity contribution in [3.8, 4) is 0 Å². The summed E-state index contributed by atoms with van der Waals surface area (Å²) in [5.74, 6) is -1.55. The van der Waals surface area contributed by atoms with Crippen molar-refractivity contribution in [3.05, 3.63) is 35.6 Å². The van der Waals surface area contributed by atoms with Crippen molar-refractivity contribution >= 4 is 11.9 Å². The molecule has 4 nitrogen and oxygen atoms in total. The van der Waals surface area contributed by atoms with E-state index in [4.69, 9.17) is 0 Å². The second-order valence-electron chi connectivity index (χ2n) is 4.37. The molecule has 1 aromatic carbocycles. The molecule has 0 aliphatic heterocycles. The molecule has 0 radical (unpaired) electrons. The van der Waals surface area contributed by atoms with Gasteiger partial charge in [-0.15, -0.1) is 0 Å². The minimum absolute atomic E-state index is 0.0649. The van der Waals surface area contributed by atoms with Crippen LogP contribution in [0, 0.1) is 11.7 Å². The van der Waals surface area contributed by atoms with Gasteiger partial charge in [-0.05, 0) is 24.1 Å². The highest BCUT2D eigenvalue weighted by atomic mass is 19.1. The normalized spacial score (nSPS) is 13.5. The largest absolute Gasteiger partial charge is 0.467 e. The zero-order valence-corrected chi connectivity index (χ0v) is 11.3. The maximum Gasteiger partial charge on any atom is 0.328 e. The third-order valence-corrected chi connectivity index (χ3v) is 3.04. The number of carbonyl (C=O) groups is 2. The van der Waals surface area contributed by atoms with Gasteiger partial charge in [0.2, 0.25) is 0 Å². The summed E-state index contributed by atoms with van der Waals surface area (Å²) in [4.78, 5) is 23.6. The van der Waals surface area contributed by atoms with E-state index in [0.717, 1.165) is 6.07 Å². The first kappa shape index (κ1) is 15.1. The Kier molecular flexibility index (Phi) is 5.48. The van der Waals surface area contributed by atoms with Crippen LogP contribution in [0.4, 0.5) is 4.39 Å². The number of ether oxygens (including phenoxy) is 1. The van der Waals surface area contributed by atoms with E-state index in [0.29, 0.717) is 6.42 Å². The summed E-state index contributed by atoms with van der Waals surface area (Å²) in [5, 5.41) is 2.58. The lowest BCUT2D eigenvalue weighted by Gasteiger charge is -2.21. The minimum atomic E-state index is -0.731. The molecule has 0 bridgehead atoms. The van der Waals surface area contributed by atoms with E-state index < -0.39 is 23.7 Å². The van der Waals surface area contributed by atoms with E-state index >= 15 is 0 Å². The molecule has 0 saturated carbocycles. The van der Waals surface area contributed by atoms with Crippen molar-refractivity contribution < 1.29 is 18.7 Å². The summed E-state index contributed by atoms with van der Waals surface area (Å²) in [7, 11) is 1.27. The number of hydrogen-bond donors (Lipinski definition) is 1. The zero-order chi connectivity index (χ0) is 14.4. The van der Waals surface area contributed by atoms with Gasteiger partial charge in [-0.2, -0.15) is 0 Å². The third-order valence-electron chi connectivity index (χ3n) is 3.04. The van der Waals surface area contributed by atoms with Crippen LogP contribution in [0.2, 0.25) is 0 Å². The first-order chi connectivity index (χ1) is 8.99. The summed E-state index contributed by atoms with van der Waals surface area (Å²) in [6.45, 7) is 3.75. The summed E-state index contributed by atoms with van der Waals surface area (Å²) in [5.41, 5.74) is 0.178. The summed E-state index contributed by atoms with van der Waals surface area (Å²) in [6, 6.07) is 4.58. The van der Waals surface area contributed by atoms with Crippen LogP contribution in [-0.4, -0.2) is 25.0 Å². The Labute approximate surface area is 112 Å². The van der Waals surface area contributed by atoms with Crippen molar-refractivity contribution in [1.82, 2.24) is 5.32 Å². The molecule has 0 saturated heterocycles. The number of carbonyl (C=O) groups excluding carboxylic acids is 2. The van der Waals surface area contributed by atoms with E-state index in [-0.39, 0.29) is 11.5 Å². The van der Waals surface area contributed by atoms with Gasteiger partial charge in [-0.3, -0.25) is 4.79 Å². The first-order valence-electron chi connectivity index (χ1n) is 6.13. The molecular weight excluding hydrogens is 249 g/mol. The molecule has 0 fully saturated rings. The number of esters is 1. The fourth-order valence-electron chi connectivity index (χ4n) is 1.65. The van der Waals surface area contributed by atoms with Crippen LogP contribution in [0.1, 0.15) is 30.6 Å². The molecule has 5 heteroatoms. The molecule has 1 aromatic rings. The fourth-order valence-corrected chi connectivity index (χ4v) is 1.65. The van der Waals surface area contributed by atoms with Gasteiger partial charge in [0, 0.05) is 5.56 Å². The van der Waals surface area contributed by atoms with E-state index in [1.54, 1.807) is 0 Å². The first-order valence-corrected chi connectivity index (χ1v) is 6.13. The monoisotopic (exact) mass is 267 g/mol. The molecule has 0 aliphatic carbocycles. The van der Waals surface area contributed by atoms with Gasteiger partial charge >= 0.3 is 5.97 Å². The quantitative estimate of drug-likeness (QED) is 0.832. The van der Waals surface area contributed by atoms with Gasteiger partial charge < -0.3 is 10.1 Å². The van der Waals surface area contributed by atoms with Crippen LogP contribution < -0.4 is 5.32 Å². The Balaban J connectivity index is 2.84. The Bertz CT molecular complexity index is 462. The summed E-state index contributed by atoms with van der Waals surface area (Å²) >= 11 is 0. The number of rotatable bonds is 5. The molecule has 0 aliphatic rings. The molecule has 19 heavy (non-hydrogen) atoms. The Morgan fingerprint density at radius 2 is 2.11 bits per heavy atom. The van der Waals surface area contributed by atoms with Gasteiger partial charge in [-0.1, -0.05) is 26.3 Å². The third kappa shape index (κ3) is 4.05. The fraction of sp³-hybridized carbons (Fsp3) is 0.429. The summed E-state index contributed by atoms with van der Waals surface area (Å²) in [6.07, 6.45) is 0.712. The predicted molar refractivity (Wildman–Crippen MR) is 69.1 cm³/mol. The maximum absolute atomic E-state index is 13.0. The zero-order valence-electron chi connectivity index (χ0n) is 11.3. The van der Waals surface area contributed by atoms with E-state index in [1.165, 1.54) is 25.3 Å². The molecule has 1 N–H and O–H groups in total. The average molecular weight is 267 g/mol. The van der Waals surface area contributed by atoms with E-state index in [9.17, 15) is 14.0 Å². The standard InChI is InChI=1S/C14H18FNO3/c1-4-9(2)12(14(18)19-3)16-13(17)10-6-5-7-11(15)8-10/h5-9,12H,4H2,1-3H3,(H,16,17). The lowest BCUT2D eigenvalue weighted by atomic mass is 9.99. The lowest BCUT2D eigenvalue weighted by molar-refractivity contribution is -0.144. The van der Waals surface area contributed by atoms with Crippen LogP contribution in [0.25, 0.3) is 0 Å². The molecule has 2 atom stereocenters. The van der Waals surface area contributed by atoms with Crippen LogP contribution in [0.5, 0.6) is 0 Å². The van der Waals surface area contributed by atoms with E-state index in [2.05, 4.69) is 10.1 Å². The van der Waals surface area contributed by atoms with Crippen LogP contribution in [0.15, 0.2) is 24.3 Å². The summed E-state index contributed by atoms with van der Waals surface area (Å²) < 4.78 is 17.7. The molecule has 1 amide bonds. The molecule has 2 unspecified atom stereocenters. The minimum Gasteiger partial charge on any atom is -0.467 e. The van der Waals surface area contributed by atoms with Gasteiger partial charge in [0.05, 0.1) is 7.11 Å². The number of amides is 1. The Hall–Kier alpha value is -1.91. The molecule has 0 spiro atoms. The highest BCUT2D eigenvalue weighted by molar-refractivity contribution is 5.96. The molecular formula is C14H18FNO3. The highest BCUT2D eigenvalue weighted by Gasteiger charge is 2.27. The average Bonchev–Trinajstić information content (AvgIpc) is 2.42. The molecule has 104 valence electrons. The molecule has 0 heterocycles. The van der Waals surface area contributed by atoms with Gasteiger partial charge in [0.1, 0.15) is 11.9 Å². The van der Waals surface area contributed by atoms with E-state index in [1.807, 2.05) is 13.8 Å². The number of benzene rings is 1. The van der Waals surface area contributed by atoms with Crippen LogP contribution in [0.3, 0.4) is 0 Å². The SMILES string of the molecule is CCC(C)C(NC(=O)c1cccc(F)c1)C(=O)OC. The predicted octanol–water partition coefficient (Wildman–Crippen LogP) is 2.14. The van der Waals surface area contributed by atoms with Crippen molar-refractivity contribution in [3.63, 3.8) is 0 Å². The smallest absolute Gasteiger partial charge is 0.328 e. The van der Waals surface area contributed by atoms with Gasteiger partial charge in [0.15, 0.2) is 0 Å². The van der Waals surface area contributed by atoms with Gasteiger partial charge in [0.25, 0.3) is 5.91 Å². The number of methoxy groups -OCH3 is 1. The number of halogens is 1. The molecule has 1 rings (SSSR count). The van der Waals surface area contributed by atoms with Crippen molar-refractivity contribution in [1.29, 1.82) is 0 Å². The molecule has 0 aromatic heterocycles. The topological polar surface area (TPSA) is 55.4 Å². The van der Waals surface area contributed by atoms with Crippen molar-refractivity contribution in [2.45, 2.75) is 26.3 Å². The second kappa shape index (κ2) is 6.87. The lowest BCUT2D eigenvalue weighted by Crippen LogP contribution is -2.45. The van der Waals surface area contributed by atoms with Crippen LogP contribution in [-0.2, 0) is 9.53 Å². The Morgan fingerprint density at radius 1 is 1.42 bits per heavy atom. The van der Waals surface area contributed by atoms with Gasteiger partial charge in [-0.25, -0.2) is 9.18 Å². The second-order valence-corrected chi connectivity index (χ2v) is 4.37. The number of nitrogens with one attached hydrogen (secondary N) is 1. The van der Waals surface area contributed by atoms with Crippen molar-refractivity contribution in [2.24, 2.45) is 5.92 Å². The van der Waals surface area contributed by atoms with Crippen molar-refractivity contribution in [2.75, 3.05) is 7.11 Å². The number of hydrogen-bond acceptors (Lipinski definition) is 3. The Morgan fingerprint density at radius 3 is 2.63 bits per heavy atom.